The Kier molecular flexibility index (Phi) is 4.52. The van der Waals surface area contributed by atoms with Gasteiger partial charge in [0.1, 0.15) is 0 Å². The van der Waals surface area contributed by atoms with Crippen molar-refractivity contribution < 1.29 is 0 Å². The van der Waals surface area contributed by atoms with Gasteiger partial charge < -0.3 is 15.2 Å². The monoisotopic (exact) mass is 360 g/mol. The van der Waals surface area contributed by atoms with E-state index in [-0.39, 0.29) is 0 Å². The van der Waals surface area contributed by atoms with Crippen molar-refractivity contribution in [1.82, 2.24) is 15.2 Å². The first-order valence-electron chi connectivity index (χ1n) is 7.49. The number of aryl methyl sites for hydroxylation is 1. The molecule has 1 aromatic heterocycles. The Hall–Kier alpha value is -1.75. The van der Waals surface area contributed by atoms with E-state index in [0.717, 1.165) is 23.4 Å². The van der Waals surface area contributed by atoms with Crippen molar-refractivity contribution in [3.63, 3.8) is 0 Å². The van der Waals surface area contributed by atoms with Crippen molar-refractivity contribution in [3.8, 4) is 0 Å². The van der Waals surface area contributed by atoms with Crippen molar-refractivity contribution in [2.24, 2.45) is 12.0 Å². The Bertz CT molecular complexity index is 660. The molecule has 0 amide bonds. The number of hydrogen-bond acceptors (Lipinski definition) is 1. The van der Waals surface area contributed by atoms with Crippen LogP contribution in [0.25, 0.3) is 0 Å². The molecule has 2 atom stereocenters. The van der Waals surface area contributed by atoms with Gasteiger partial charge in [-0.05, 0) is 35.7 Å². The first-order chi connectivity index (χ1) is 10.7. The molecule has 1 aliphatic carbocycles. The summed E-state index contributed by atoms with van der Waals surface area (Å²) >= 11 is 3.48. The molecule has 2 aromatic rings. The minimum atomic E-state index is 0.475. The fourth-order valence-electron chi connectivity index (χ4n) is 2.65. The van der Waals surface area contributed by atoms with Gasteiger partial charge in [-0.25, -0.2) is 0 Å². The Morgan fingerprint density at radius 3 is 2.73 bits per heavy atom. The summed E-state index contributed by atoms with van der Waals surface area (Å²) in [7, 11) is 3.85. The van der Waals surface area contributed by atoms with Crippen LogP contribution in [0.15, 0.2) is 52.2 Å². The number of hydrogen-bond donors (Lipinski definition) is 2. The molecule has 2 N–H and O–H groups in total. The van der Waals surface area contributed by atoms with Gasteiger partial charge in [-0.15, -0.1) is 0 Å². The number of nitrogens with zero attached hydrogens (tertiary/aromatic N) is 2. The second-order valence-corrected chi connectivity index (χ2v) is 6.67. The largest absolute Gasteiger partial charge is 0.357 e. The lowest BCUT2D eigenvalue weighted by Gasteiger charge is -2.11. The highest BCUT2D eigenvalue weighted by atomic mass is 79.9. The zero-order valence-corrected chi connectivity index (χ0v) is 14.5. The maximum Gasteiger partial charge on any atom is 0.191 e. The lowest BCUT2D eigenvalue weighted by molar-refractivity contribution is 0.788. The number of guanidine groups is 1. The third kappa shape index (κ3) is 3.71. The highest BCUT2D eigenvalue weighted by Gasteiger charge is 2.38. The first-order valence-corrected chi connectivity index (χ1v) is 8.28. The fraction of sp³-hybridized carbons (Fsp3) is 0.353. The molecule has 5 heteroatoms. The van der Waals surface area contributed by atoms with E-state index in [9.17, 15) is 0 Å². The summed E-state index contributed by atoms with van der Waals surface area (Å²) in [5.41, 5.74) is 2.64. The van der Waals surface area contributed by atoms with Crippen LogP contribution < -0.4 is 10.6 Å². The molecule has 1 heterocycles. The summed E-state index contributed by atoms with van der Waals surface area (Å²) in [5, 5.41) is 6.87. The van der Waals surface area contributed by atoms with Gasteiger partial charge in [0.15, 0.2) is 5.96 Å². The van der Waals surface area contributed by atoms with Crippen LogP contribution in [0.1, 0.15) is 23.5 Å². The van der Waals surface area contributed by atoms with E-state index in [0.29, 0.717) is 12.0 Å². The topological polar surface area (TPSA) is 41.4 Å². The summed E-state index contributed by atoms with van der Waals surface area (Å²) < 4.78 is 3.18. The minimum absolute atomic E-state index is 0.475. The zero-order valence-electron chi connectivity index (χ0n) is 12.9. The van der Waals surface area contributed by atoms with E-state index in [1.165, 1.54) is 11.1 Å². The molecule has 0 bridgehead atoms. The van der Waals surface area contributed by atoms with E-state index in [2.05, 4.69) is 78.8 Å². The molecule has 0 spiro atoms. The maximum absolute atomic E-state index is 4.31. The lowest BCUT2D eigenvalue weighted by atomic mass is 10.1. The standard InChI is InChI=1S/C17H21BrN4/c1-19-17(20-10-12-7-8-22(2)11-12)21-16-9-15(16)13-3-5-14(18)6-4-13/h3-8,11,15-16H,9-10H2,1-2H3,(H2,19,20,21). The van der Waals surface area contributed by atoms with Crippen molar-refractivity contribution in [2.75, 3.05) is 7.05 Å². The predicted octanol–water partition coefficient (Wildman–Crippen LogP) is 3.01. The number of benzene rings is 1. The maximum atomic E-state index is 4.31. The Balaban J connectivity index is 1.51. The Labute approximate surface area is 139 Å². The Morgan fingerprint density at radius 1 is 1.32 bits per heavy atom. The summed E-state index contributed by atoms with van der Waals surface area (Å²) in [4.78, 5) is 4.31. The summed E-state index contributed by atoms with van der Waals surface area (Å²) in [6.45, 7) is 0.788. The van der Waals surface area contributed by atoms with Gasteiger partial charge in [-0.3, -0.25) is 4.99 Å². The smallest absolute Gasteiger partial charge is 0.191 e. The van der Waals surface area contributed by atoms with Crippen molar-refractivity contribution in [1.29, 1.82) is 0 Å². The molecule has 1 saturated carbocycles. The van der Waals surface area contributed by atoms with Gasteiger partial charge in [-0.1, -0.05) is 28.1 Å². The summed E-state index contributed by atoms with van der Waals surface area (Å²) in [6.07, 6.45) is 5.33. The third-order valence-corrected chi connectivity index (χ3v) is 4.52. The summed E-state index contributed by atoms with van der Waals surface area (Å²) in [6, 6.07) is 11.2. The van der Waals surface area contributed by atoms with E-state index < -0.39 is 0 Å². The second kappa shape index (κ2) is 6.57. The molecular formula is C17H21BrN4. The van der Waals surface area contributed by atoms with E-state index in [4.69, 9.17) is 0 Å². The average Bonchev–Trinajstić information content (AvgIpc) is 3.16. The predicted molar refractivity (Wildman–Crippen MR) is 94.0 cm³/mol. The van der Waals surface area contributed by atoms with Gasteiger partial charge in [0.2, 0.25) is 0 Å². The van der Waals surface area contributed by atoms with Gasteiger partial charge >= 0.3 is 0 Å². The van der Waals surface area contributed by atoms with Crippen molar-refractivity contribution in [3.05, 3.63) is 58.3 Å². The van der Waals surface area contributed by atoms with Crippen molar-refractivity contribution in [2.45, 2.75) is 24.9 Å². The van der Waals surface area contributed by atoms with E-state index >= 15 is 0 Å². The molecule has 0 aliphatic heterocycles. The van der Waals surface area contributed by atoms with Crippen LogP contribution in [0, 0.1) is 0 Å². The minimum Gasteiger partial charge on any atom is -0.357 e. The molecule has 1 aromatic carbocycles. The normalized spacial score (nSPS) is 20.8. The van der Waals surface area contributed by atoms with Crippen LogP contribution >= 0.6 is 15.9 Å². The molecule has 0 radical (unpaired) electrons. The zero-order chi connectivity index (χ0) is 15.5. The number of aromatic nitrogens is 1. The SMILES string of the molecule is CN=C(NCc1ccn(C)c1)NC1CC1c1ccc(Br)cc1. The molecule has 116 valence electrons. The first kappa shape index (κ1) is 15.2. The Morgan fingerprint density at radius 2 is 2.09 bits per heavy atom. The quantitative estimate of drug-likeness (QED) is 0.649. The third-order valence-electron chi connectivity index (χ3n) is 3.99. The number of aliphatic imine (C=N–C) groups is 1. The molecule has 2 unspecified atom stereocenters. The number of halogens is 1. The van der Waals surface area contributed by atoms with Gasteiger partial charge in [0.05, 0.1) is 0 Å². The highest BCUT2D eigenvalue weighted by molar-refractivity contribution is 9.10. The number of nitrogens with one attached hydrogen (secondary N) is 2. The molecule has 4 nitrogen and oxygen atoms in total. The van der Waals surface area contributed by atoms with Crippen LogP contribution in [0.2, 0.25) is 0 Å². The van der Waals surface area contributed by atoms with Gasteiger partial charge in [-0.2, -0.15) is 0 Å². The van der Waals surface area contributed by atoms with Gasteiger partial charge in [0.25, 0.3) is 0 Å². The van der Waals surface area contributed by atoms with Crippen LogP contribution in [0.5, 0.6) is 0 Å². The molecule has 1 aliphatic rings. The van der Waals surface area contributed by atoms with Crippen LogP contribution in [-0.2, 0) is 13.6 Å². The van der Waals surface area contributed by atoms with Crippen molar-refractivity contribution >= 4 is 21.9 Å². The molecule has 22 heavy (non-hydrogen) atoms. The lowest BCUT2D eigenvalue weighted by Crippen LogP contribution is -2.38. The van der Waals surface area contributed by atoms with E-state index in [1.54, 1.807) is 0 Å². The van der Waals surface area contributed by atoms with Crippen LogP contribution in [0.4, 0.5) is 0 Å². The van der Waals surface area contributed by atoms with Gasteiger partial charge in [0, 0.05) is 49.5 Å². The molecule has 3 rings (SSSR count). The molecule has 0 saturated heterocycles. The number of rotatable bonds is 4. The highest BCUT2D eigenvalue weighted by Crippen LogP contribution is 2.40. The van der Waals surface area contributed by atoms with Crippen LogP contribution in [0.3, 0.4) is 0 Å². The molecule has 1 fully saturated rings. The van der Waals surface area contributed by atoms with Crippen LogP contribution in [-0.4, -0.2) is 23.6 Å². The fourth-order valence-corrected chi connectivity index (χ4v) is 2.92. The van der Waals surface area contributed by atoms with E-state index in [1.807, 2.05) is 14.1 Å². The molecular weight excluding hydrogens is 340 g/mol. The summed E-state index contributed by atoms with van der Waals surface area (Å²) in [5.74, 6) is 1.46. The average molecular weight is 361 g/mol. The second-order valence-electron chi connectivity index (χ2n) is 5.76.